The van der Waals surface area contributed by atoms with Gasteiger partial charge in [0.05, 0.1) is 5.75 Å². The molecule has 0 rings (SSSR count). The van der Waals surface area contributed by atoms with Crippen LogP contribution in [0.15, 0.2) is 0 Å². The minimum absolute atomic E-state index is 0.160. The van der Waals surface area contributed by atoms with Crippen molar-refractivity contribution in [1.29, 1.82) is 0 Å². The summed E-state index contributed by atoms with van der Waals surface area (Å²) in [5, 5.41) is 3.12. The molecule has 0 aromatic heterocycles. The molecule has 0 aromatic carbocycles. The Labute approximate surface area is 88.2 Å². The third kappa shape index (κ3) is 6.38. The molecule has 0 radical (unpaired) electrons. The van der Waals surface area contributed by atoms with Crippen molar-refractivity contribution in [2.24, 2.45) is 11.3 Å². The van der Waals surface area contributed by atoms with Crippen LogP contribution in [0.25, 0.3) is 0 Å². The van der Waals surface area contributed by atoms with Crippen LogP contribution >= 0.6 is 0 Å². The van der Waals surface area contributed by atoms with Gasteiger partial charge in [0.2, 0.25) is 0 Å². The van der Waals surface area contributed by atoms with Crippen LogP contribution in [0, 0.1) is 11.3 Å². The smallest absolute Gasteiger partial charge is 0.147 e. The van der Waals surface area contributed by atoms with Crippen molar-refractivity contribution in [3.8, 4) is 0 Å². The molecule has 0 aromatic rings. The van der Waals surface area contributed by atoms with Crippen LogP contribution in [0.5, 0.6) is 0 Å². The highest BCUT2D eigenvalue weighted by Crippen LogP contribution is 2.28. The Bertz CT molecular complexity index is 252. The third-order valence-electron chi connectivity index (χ3n) is 2.51. The molecule has 0 amide bonds. The Morgan fingerprint density at radius 2 is 1.79 bits per heavy atom. The Kier molecular flexibility index (Phi) is 5.09. The summed E-state index contributed by atoms with van der Waals surface area (Å²) in [6.45, 7) is 7.32. The highest BCUT2D eigenvalue weighted by Gasteiger charge is 2.24. The van der Waals surface area contributed by atoms with E-state index in [1.807, 2.05) is 7.05 Å². The summed E-state index contributed by atoms with van der Waals surface area (Å²) < 4.78 is 22.1. The minimum Gasteiger partial charge on any atom is -0.319 e. The molecule has 0 spiro atoms. The summed E-state index contributed by atoms with van der Waals surface area (Å²) in [7, 11) is -0.924. The average Bonchev–Trinajstić information content (AvgIpc) is 1.93. The molecule has 14 heavy (non-hydrogen) atoms. The fourth-order valence-corrected chi connectivity index (χ4v) is 2.16. The maximum absolute atomic E-state index is 11.0. The summed E-state index contributed by atoms with van der Waals surface area (Å²) >= 11 is 0. The summed E-state index contributed by atoms with van der Waals surface area (Å²) in [6.07, 6.45) is 2.04. The van der Waals surface area contributed by atoms with Crippen LogP contribution in [-0.4, -0.2) is 34.0 Å². The van der Waals surface area contributed by atoms with Gasteiger partial charge in [0, 0.05) is 6.26 Å². The molecular weight excluding hydrogens is 198 g/mol. The van der Waals surface area contributed by atoms with Gasteiger partial charge < -0.3 is 5.32 Å². The molecule has 0 aliphatic carbocycles. The number of hydrogen-bond acceptors (Lipinski definition) is 3. The summed E-state index contributed by atoms with van der Waals surface area (Å²) in [5.74, 6) is 0.693. The van der Waals surface area contributed by atoms with Gasteiger partial charge in [0.15, 0.2) is 0 Å². The molecule has 0 heterocycles. The van der Waals surface area contributed by atoms with E-state index in [0.29, 0.717) is 5.92 Å². The van der Waals surface area contributed by atoms with Crippen molar-refractivity contribution >= 4 is 9.84 Å². The van der Waals surface area contributed by atoms with E-state index < -0.39 is 9.84 Å². The number of rotatable bonds is 5. The van der Waals surface area contributed by atoms with Crippen LogP contribution < -0.4 is 5.32 Å². The molecular formula is C10H23NO2S. The van der Waals surface area contributed by atoms with Gasteiger partial charge in [-0.3, -0.25) is 0 Å². The fourth-order valence-electron chi connectivity index (χ4n) is 1.44. The Morgan fingerprint density at radius 1 is 1.29 bits per heavy atom. The van der Waals surface area contributed by atoms with Gasteiger partial charge in [-0.1, -0.05) is 20.8 Å². The van der Waals surface area contributed by atoms with Crippen LogP contribution in [0.4, 0.5) is 0 Å². The molecule has 0 saturated carbocycles. The van der Waals surface area contributed by atoms with Crippen molar-refractivity contribution < 1.29 is 8.42 Å². The molecule has 3 nitrogen and oxygen atoms in total. The largest absolute Gasteiger partial charge is 0.319 e. The van der Waals surface area contributed by atoms with Gasteiger partial charge in [0.25, 0.3) is 0 Å². The molecule has 4 heteroatoms. The van der Waals surface area contributed by atoms with Crippen LogP contribution in [0.1, 0.15) is 27.2 Å². The first kappa shape index (κ1) is 13.9. The molecule has 1 N–H and O–H groups in total. The quantitative estimate of drug-likeness (QED) is 0.761. The van der Waals surface area contributed by atoms with Gasteiger partial charge >= 0.3 is 0 Å². The van der Waals surface area contributed by atoms with E-state index in [1.165, 1.54) is 6.26 Å². The second kappa shape index (κ2) is 5.12. The average molecular weight is 221 g/mol. The van der Waals surface area contributed by atoms with Crippen LogP contribution in [0.2, 0.25) is 0 Å². The lowest BCUT2D eigenvalue weighted by Crippen LogP contribution is -2.31. The molecule has 0 aliphatic heterocycles. The van der Waals surface area contributed by atoms with E-state index in [1.54, 1.807) is 0 Å². The molecule has 0 bridgehead atoms. The van der Waals surface area contributed by atoms with Gasteiger partial charge in [-0.2, -0.15) is 0 Å². The van der Waals surface area contributed by atoms with E-state index in [-0.39, 0.29) is 11.2 Å². The van der Waals surface area contributed by atoms with Gasteiger partial charge in [0.1, 0.15) is 9.84 Å². The maximum Gasteiger partial charge on any atom is 0.147 e. The van der Waals surface area contributed by atoms with E-state index in [0.717, 1.165) is 13.0 Å². The first-order valence-electron chi connectivity index (χ1n) is 4.99. The zero-order valence-corrected chi connectivity index (χ0v) is 10.7. The second-order valence-corrected chi connectivity index (χ2v) is 7.30. The Morgan fingerprint density at radius 3 is 2.07 bits per heavy atom. The molecule has 1 atom stereocenters. The number of nitrogens with one attached hydrogen (secondary N) is 1. The summed E-state index contributed by atoms with van der Waals surface area (Å²) in [5.41, 5.74) is 0.160. The molecule has 1 unspecified atom stereocenters. The highest BCUT2D eigenvalue weighted by atomic mass is 32.2. The standard InChI is InChI=1S/C10H23NO2S/c1-10(2,3)9(8-11-4)6-7-14(5,12)13/h9,11H,6-8H2,1-5H3. The topological polar surface area (TPSA) is 46.2 Å². The van der Waals surface area contributed by atoms with E-state index in [4.69, 9.17) is 0 Å². The van der Waals surface area contributed by atoms with E-state index >= 15 is 0 Å². The minimum atomic E-state index is -2.83. The number of hydrogen-bond donors (Lipinski definition) is 1. The van der Waals surface area contributed by atoms with Gasteiger partial charge in [-0.25, -0.2) is 8.42 Å². The van der Waals surface area contributed by atoms with Crippen molar-refractivity contribution in [1.82, 2.24) is 5.32 Å². The van der Waals surface area contributed by atoms with E-state index in [2.05, 4.69) is 26.1 Å². The zero-order valence-electron chi connectivity index (χ0n) is 9.92. The molecule has 86 valence electrons. The predicted molar refractivity (Wildman–Crippen MR) is 61.2 cm³/mol. The normalized spacial score (nSPS) is 15.5. The first-order chi connectivity index (χ1) is 6.17. The zero-order chi connectivity index (χ0) is 11.4. The molecule has 0 saturated heterocycles. The van der Waals surface area contributed by atoms with Gasteiger partial charge in [-0.15, -0.1) is 0 Å². The first-order valence-corrected chi connectivity index (χ1v) is 7.05. The van der Waals surface area contributed by atoms with Crippen molar-refractivity contribution in [3.63, 3.8) is 0 Å². The molecule has 0 fully saturated rings. The lowest BCUT2D eigenvalue weighted by atomic mass is 9.79. The van der Waals surface area contributed by atoms with E-state index in [9.17, 15) is 8.42 Å². The van der Waals surface area contributed by atoms with Gasteiger partial charge in [-0.05, 0) is 31.3 Å². The van der Waals surface area contributed by atoms with Crippen molar-refractivity contribution in [3.05, 3.63) is 0 Å². The van der Waals surface area contributed by atoms with Crippen molar-refractivity contribution in [2.45, 2.75) is 27.2 Å². The SMILES string of the molecule is CNCC(CCS(C)(=O)=O)C(C)(C)C. The molecule has 0 aliphatic rings. The monoisotopic (exact) mass is 221 g/mol. The lowest BCUT2D eigenvalue weighted by molar-refractivity contribution is 0.230. The Balaban J connectivity index is 4.25. The maximum atomic E-state index is 11.0. The van der Waals surface area contributed by atoms with Crippen LogP contribution in [-0.2, 0) is 9.84 Å². The van der Waals surface area contributed by atoms with Crippen LogP contribution in [0.3, 0.4) is 0 Å². The Hall–Kier alpha value is -0.0900. The van der Waals surface area contributed by atoms with Crippen molar-refractivity contribution in [2.75, 3.05) is 25.6 Å². The summed E-state index contributed by atoms with van der Waals surface area (Å²) in [4.78, 5) is 0. The predicted octanol–water partition coefficient (Wildman–Crippen LogP) is 1.30. The summed E-state index contributed by atoms with van der Waals surface area (Å²) in [6, 6.07) is 0. The lowest BCUT2D eigenvalue weighted by Gasteiger charge is -2.30. The second-order valence-electron chi connectivity index (χ2n) is 5.04. The number of sulfone groups is 1. The third-order valence-corrected chi connectivity index (χ3v) is 3.49. The fraction of sp³-hybridized carbons (Fsp3) is 1.00. The highest BCUT2D eigenvalue weighted by molar-refractivity contribution is 7.90.